The molecule has 1 aromatic carbocycles. The Bertz CT molecular complexity index is 432. The molecule has 1 aromatic rings. The third kappa shape index (κ3) is 3.60. The molecule has 3 nitrogen and oxygen atoms in total. The van der Waals surface area contributed by atoms with Crippen LogP contribution in [0.5, 0.6) is 5.75 Å². The van der Waals surface area contributed by atoms with E-state index in [1.54, 1.807) is 19.2 Å². The van der Waals surface area contributed by atoms with Gasteiger partial charge in [-0.25, -0.2) is 4.39 Å². The lowest BCUT2D eigenvalue weighted by molar-refractivity contribution is -0.0874. The second kappa shape index (κ2) is 6.88. The third-order valence-corrected chi connectivity index (χ3v) is 4.16. The summed E-state index contributed by atoms with van der Waals surface area (Å²) in [6.07, 6.45) is 0.492. The van der Waals surface area contributed by atoms with Crippen LogP contribution in [0.4, 0.5) is 4.39 Å². The van der Waals surface area contributed by atoms with E-state index in [1.807, 2.05) is 0 Å². The lowest BCUT2D eigenvalue weighted by Gasteiger charge is -2.40. The minimum Gasteiger partial charge on any atom is -0.484 e. The van der Waals surface area contributed by atoms with Gasteiger partial charge < -0.3 is 14.2 Å². The molecule has 3 atom stereocenters. The fraction of sp³-hybridized carbons (Fsp3) is 0.538. The van der Waals surface area contributed by atoms with E-state index in [9.17, 15) is 4.39 Å². The first kappa shape index (κ1) is 15.0. The van der Waals surface area contributed by atoms with E-state index in [2.05, 4.69) is 15.9 Å². The second-order valence-electron chi connectivity index (χ2n) is 4.29. The minimum atomic E-state index is -0.530. The van der Waals surface area contributed by atoms with Gasteiger partial charge in [0, 0.05) is 18.4 Å². The van der Waals surface area contributed by atoms with E-state index in [4.69, 9.17) is 25.8 Å². The summed E-state index contributed by atoms with van der Waals surface area (Å²) in [6.45, 7) is 1.01. The topological polar surface area (TPSA) is 27.7 Å². The standard InChI is InChI=1S/C13H15BrClFO3/c1-17-5-6-18-13-8(14)7-11(13)19-10-4-2-3-9(15)12(10)16/h2-4,8,11,13H,5-7H2,1H3. The van der Waals surface area contributed by atoms with Crippen LogP contribution in [0.1, 0.15) is 6.42 Å². The summed E-state index contributed by atoms with van der Waals surface area (Å²) < 4.78 is 29.9. The van der Waals surface area contributed by atoms with Crippen molar-refractivity contribution < 1.29 is 18.6 Å². The number of hydrogen-bond acceptors (Lipinski definition) is 3. The molecule has 0 aromatic heterocycles. The monoisotopic (exact) mass is 352 g/mol. The third-order valence-electron chi connectivity index (χ3n) is 2.97. The number of rotatable bonds is 6. The Hall–Kier alpha value is -0.360. The van der Waals surface area contributed by atoms with Gasteiger partial charge in [0.15, 0.2) is 11.6 Å². The first-order valence-electron chi connectivity index (χ1n) is 5.98. The molecule has 3 unspecified atom stereocenters. The van der Waals surface area contributed by atoms with Gasteiger partial charge in [0.2, 0.25) is 0 Å². The highest BCUT2D eigenvalue weighted by Crippen LogP contribution is 2.35. The molecule has 0 aliphatic heterocycles. The van der Waals surface area contributed by atoms with E-state index in [0.29, 0.717) is 13.2 Å². The van der Waals surface area contributed by atoms with Crippen LogP contribution in [0, 0.1) is 5.82 Å². The van der Waals surface area contributed by atoms with Crippen molar-refractivity contribution in [3.8, 4) is 5.75 Å². The zero-order chi connectivity index (χ0) is 13.8. The first-order valence-corrected chi connectivity index (χ1v) is 7.28. The zero-order valence-electron chi connectivity index (χ0n) is 10.4. The number of hydrogen-bond donors (Lipinski definition) is 0. The Kier molecular flexibility index (Phi) is 5.45. The van der Waals surface area contributed by atoms with Gasteiger partial charge in [0.25, 0.3) is 0 Å². The van der Waals surface area contributed by atoms with Crippen molar-refractivity contribution in [1.29, 1.82) is 0 Å². The molecule has 0 saturated heterocycles. The maximum atomic E-state index is 13.7. The van der Waals surface area contributed by atoms with Gasteiger partial charge in [-0.05, 0) is 12.1 Å². The van der Waals surface area contributed by atoms with E-state index < -0.39 is 5.82 Å². The molecular weight excluding hydrogens is 338 g/mol. The Balaban J connectivity index is 1.93. The van der Waals surface area contributed by atoms with Crippen molar-refractivity contribution in [1.82, 2.24) is 0 Å². The summed E-state index contributed by atoms with van der Waals surface area (Å²) in [4.78, 5) is 0.219. The van der Waals surface area contributed by atoms with Crippen LogP contribution >= 0.6 is 27.5 Å². The number of benzene rings is 1. The van der Waals surface area contributed by atoms with Crippen molar-refractivity contribution in [2.75, 3.05) is 20.3 Å². The van der Waals surface area contributed by atoms with Gasteiger partial charge in [-0.15, -0.1) is 0 Å². The quantitative estimate of drug-likeness (QED) is 0.579. The highest BCUT2D eigenvalue weighted by atomic mass is 79.9. The van der Waals surface area contributed by atoms with Gasteiger partial charge in [-0.1, -0.05) is 33.6 Å². The minimum absolute atomic E-state index is 0.0593. The molecule has 2 rings (SSSR count). The van der Waals surface area contributed by atoms with Crippen LogP contribution in [-0.2, 0) is 9.47 Å². The molecular formula is C13H15BrClFO3. The number of methoxy groups -OCH3 is 1. The average Bonchev–Trinajstić information content (AvgIpc) is 2.39. The molecule has 0 amide bonds. The Morgan fingerprint density at radius 3 is 2.89 bits per heavy atom. The van der Waals surface area contributed by atoms with E-state index >= 15 is 0 Å². The molecule has 19 heavy (non-hydrogen) atoms. The van der Waals surface area contributed by atoms with Crippen LogP contribution < -0.4 is 4.74 Å². The molecule has 0 bridgehead atoms. The van der Waals surface area contributed by atoms with Crippen molar-refractivity contribution in [2.45, 2.75) is 23.5 Å². The lowest BCUT2D eigenvalue weighted by atomic mass is 9.91. The number of ether oxygens (including phenoxy) is 3. The first-order chi connectivity index (χ1) is 9.13. The molecule has 1 aliphatic carbocycles. The van der Waals surface area contributed by atoms with E-state index in [-0.39, 0.29) is 27.8 Å². The molecule has 1 saturated carbocycles. The lowest BCUT2D eigenvalue weighted by Crippen LogP contribution is -2.52. The summed E-state index contributed by atoms with van der Waals surface area (Å²) in [5.74, 6) is -0.366. The van der Waals surface area contributed by atoms with Gasteiger partial charge in [-0.2, -0.15) is 0 Å². The van der Waals surface area contributed by atoms with Gasteiger partial charge >= 0.3 is 0 Å². The largest absolute Gasteiger partial charge is 0.484 e. The summed E-state index contributed by atoms with van der Waals surface area (Å²) in [7, 11) is 1.62. The fourth-order valence-corrected chi connectivity index (χ4v) is 2.89. The summed E-state index contributed by atoms with van der Waals surface area (Å²) >= 11 is 9.21. The Morgan fingerprint density at radius 2 is 2.21 bits per heavy atom. The van der Waals surface area contributed by atoms with Crippen LogP contribution in [0.15, 0.2) is 18.2 Å². The van der Waals surface area contributed by atoms with Crippen LogP contribution in [0.3, 0.4) is 0 Å². The van der Waals surface area contributed by atoms with Crippen LogP contribution in [-0.4, -0.2) is 37.4 Å². The van der Waals surface area contributed by atoms with Crippen molar-refractivity contribution in [2.24, 2.45) is 0 Å². The summed E-state index contributed by atoms with van der Waals surface area (Å²) in [5.41, 5.74) is 0. The molecule has 6 heteroatoms. The molecule has 0 N–H and O–H groups in total. The van der Waals surface area contributed by atoms with Crippen molar-refractivity contribution >= 4 is 27.5 Å². The predicted octanol–water partition coefficient (Wildman–Crippen LogP) is 3.43. The predicted molar refractivity (Wildman–Crippen MR) is 74.8 cm³/mol. The average molecular weight is 354 g/mol. The SMILES string of the molecule is COCCOC1C(Br)CC1Oc1cccc(Cl)c1F. The van der Waals surface area contributed by atoms with Gasteiger partial charge in [-0.3, -0.25) is 0 Å². The van der Waals surface area contributed by atoms with Crippen molar-refractivity contribution in [3.63, 3.8) is 0 Å². The van der Waals surface area contributed by atoms with E-state index in [1.165, 1.54) is 6.07 Å². The Morgan fingerprint density at radius 1 is 1.42 bits per heavy atom. The highest BCUT2D eigenvalue weighted by molar-refractivity contribution is 9.09. The van der Waals surface area contributed by atoms with Crippen LogP contribution in [0.2, 0.25) is 5.02 Å². The molecule has 1 aliphatic rings. The molecule has 0 heterocycles. The van der Waals surface area contributed by atoms with Crippen LogP contribution in [0.25, 0.3) is 0 Å². The second-order valence-corrected chi connectivity index (χ2v) is 5.87. The zero-order valence-corrected chi connectivity index (χ0v) is 12.8. The summed E-state index contributed by atoms with van der Waals surface area (Å²) in [6, 6.07) is 4.71. The molecule has 106 valence electrons. The number of halogens is 3. The molecule has 0 radical (unpaired) electrons. The maximum Gasteiger partial charge on any atom is 0.183 e. The maximum absolute atomic E-state index is 13.7. The van der Waals surface area contributed by atoms with Gasteiger partial charge in [0.05, 0.1) is 18.2 Å². The van der Waals surface area contributed by atoms with Crippen molar-refractivity contribution in [3.05, 3.63) is 29.0 Å². The molecule has 0 spiro atoms. The Labute approximate surface area is 125 Å². The smallest absolute Gasteiger partial charge is 0.183 e. The van der Waals surface area contributed by atoms with E-state index in [0.717, 1.165) is 6.42 Å². The van der Waals surface area contributed by atoms with Gasteiger partial charge in [0.1, 0.15) is 12.2 Å². The molecule has 1 fully saturated rings. The fourth-order valence-electron chi connectivity index (χ4n) is 1.86. The summed E-state index contributed by atoms with van der Waals surface area (Å²) in [5, 5.41) is 0.0593. The normalized spacial score (nSPS) is 26.0. The highest BCUT2D eigenvalue weighted by Gasteiger charge is 2.42. The number of alkyl halides is 1.